The molecule has 11 heteroatoms. The van der Waals surface area contributed by atoms with Crippen molar-refractivity contribution in [3.05, 3.63) is 78.2 Å². The molecule has 7 rings (SSSR count). The molecule has 1 aliphatic heterocycles. The van der Waals surface area contributed by atoms with Crippen molar-refractivity contribution in [1.82, 2.24) is 39.3 Å². The van der Waals surface area contributed by atoms with Gasteiger partial charge in [0.1, 0.15) is 17.0 Å². The first kappa shape index (κ1) is 28.5. The van der Waals surface area contributed by atoms with Gasteiger partial charge in [-0.1, -0.05) is 30.3 Å². The van der Waals surface area contributed by atoms with Crippen LogP contribution in [0.4, 0.5) is 5.82 Å². The second-order valence-electron chi connectivity index (χ2n) is 12.1. The molecule has 1 aromatic carbocycles. The molecule has 2 aliphatic rings. The number of benzene rings is 1. The summed E-state index contributed by atoms with van der Waals surface area (Å²) in [7, 11) is 4.20. The van der Waals surface area contributed by atoms with E-state index in [9.17, 15) is 9.90 Å². The average Bonchev–Trinajstić information content (AvgIpc) is 3.64. The van der Waals surface area contributed by atoms with Gasteiger partial charge in [-0.25, -0.2) is 9.97 Å². The van der Waals surface area contributed by atoms with Gasteiger partial charge in [-0.2, -0.15) is 9.61 Å². The molecule has 1 aliphatic carbocycles. The van der Waals surface area contributed by atoms with Crippen molar-refractivity contribution in [2.45, 2.75) is 38.1 Å². The maximum atomic E-state index is 13.4. The van der Waals surface area contributed by atoms with Crippen molar-refractivity contribution >= 4 is 28.4 Å². The maximum absolute atomic E-state index is 13.4. The molecule has 4 aromatic heterocycles. The zero-order chi connectivity index (χ0) is 30.2. The van der Waals surface area contributed by atoms with Crippen molar-refractivity contribution in [2.24, 2.45) is 0 Å². The standard InChI is InChI=1S/C33H39N9O2/c1-38-13-15-40(16-14-38)17-18-41-22-26(24-9-6-12-34-31(24)41)28-19-30(39(2)21-23-7-4-3-5-8-23)42-32(36-28)25(20-35-42)33(44)37-27-10-11-29(27)43/h3-9,12,19-20,22,27,29,43H,10-11,13-18,21H2,1-2H3,(H,37,44)/t27-,29+/m1/s1. The summed E-state index contributed by atoms with van der Waals surface area (Å²) in [6, 6.07) is 16.1. The molecule has 5 aromatic rings. The summed E-state index contributed by atoms with van der Waals surface area (Å²) in [5.74, 6) is 0.542. The Morgan fingerprint density at radius 2 is 1.86 bits per heavy atom. The number of fused-ring (bicyclic) bond motifs is 2. The lowest BCUT2D eigenvalue weighted by Gasteiger charge is -2.32. The van der Waals surface area contributed by atoms with Gasteiger partial charge in [0, 0.05) is 82.3 Å². The minimum atomic E-state index is -0.513. The van der Waals surface area contributed by atoms with Crippen LogP contribution in [0.25, 0.3) is 27.9 Å². The number of anilines is 1. The Labute approximate surface area is 256 Å². The van der Waals surface area contributed by atoms with Gasteiger partial charge in [0.05, 0.1) is 24.0 Å². The number of hydrogen-bond acceptors (Lipinski definition) is 8. The quantitative estimate of drug-likeness (QED) is 0.269. The number of aliphatic hydroxyl groups is 1. The van der Waals surface area contributed by atoms with Crippen molar-refractivity contribution in [1.29, 1.82) is 0 Å². The number of aliphatic hydroxyl groups excluding tert-OH is 1. The number of pyridine rings is 1. The summed E-state index contributed by atoms with van der Waals surface area (Å²) in [6.07, 6.45) is 6.51. The number of rotatable bonds is 9. The predicted molar refractivity (Wildman–Crippen MR) is 171 cm³/mol. The number of hydrogen-bond donors (Lipinski definition) is 2. The zero-order valence-corrected chi connectivity index (χ0v) is 25.3. The Hall–Kier alpha value is -4.32. The van der Waals surface area contributed by atoms with Crippen LogP contribution in [0.5, 0.6) is 0 Å². The van der Waals surface area contributed by atoms with Crippen LogP contribution >= 0.6 is 0 Å². The van der Waals surface area contributed by atoms with E-state index in [1.807, 2.05) is 43.6 Å². The summed E-state index contributed by atoms with van der Waals surface area (Å²) in [4.78, 5) is 30.2. The molecule has 0 unspecified atom stereocenters. The van der Waals surface area contributed by atoms with Gasteiger partial charge in [0.25, 0.3) is 5.91 Å². The molecule has 5 heterocycles. The first-order chi connectivity index (χ1) is 21.4. The summed E-state index contributed by atoms with van der Waals surface area (Å²) < 4.78 is 3.97. The number of nitrogens with one attached hydrogen (secondary N) is 1. The molecule has 228 valence electrons. The third kappa shape index (κ3) is 5.54. The van der Waals surface area contributed by atoms with Gasteiger partial charge >= 0.3 is 0 Å². The van der Waals surface area contributed by atoms with E-state index in [0.717, 1.165) is 79.4 Å². The lowest BCUT2D eigenvalue weighted by atomic mass is 9.89. The number of likely N-dealkylation sites (N-methyl/N-ethyl adjacent to an activating group) is 1. The largest absolute Gasteiger partial charge is 0.391 e. The van der Waals surface area contributed by atoms with Crippen molar-refractivity contribution in [2.75, 3.05) is 51.7 Å². The van der Waals surface area contributed by atoms with Crippen LogP contribution in [-0.2, 0) is 13.1 Å². The Morgan fingerprint density at radius 1 is 1.05 bits per heavy atom. The molecule has 1 saturated heterocycles. The summed E-state index contributed by atoms with van der Waals surface area (Å²) in [5, 5.41) is 18.7. The van der Waals surface area contributed by atoms with Crippen molar-refractivity contribution < 1.29 is 9.90 Å². The van der Waals surface area contributed by atoms with E-state index in [1.54, 1.807) is 10.7 Å². The molecular weight excluding hydrogens is 554 g/mol. The number of amides is 1. The number of piperazine rings is 1. The minimum absolute atomic E-state index is 0.245. The number of carbonyl (C=O) groups excluding carboxylic acids is 1. The van der Waals surface area contributed by atoms with Crippen LogP contribution in [0, 0.1) is 0 Å². The van der Waals surface area contributed by atoms with Crippen LogP contribution in [-0.4, -0.2) is 104 Å². The van der Waals surface area contributed by atoms with Gasteiger partial charge in [-0.15, -0.1) is 0 Å². The molecule has 11 nitrogen and oxygen atoms in total. The maximum Gasteiger partial charge on any atom is 0.257 e. The minimum Gasteiger partial charge on any atom is -0.391 e. The van der Waals surface area contributed by atoms with Crippen LogP contribution in [0.3, 0.4) is 0 Å². The monoisotopic (exact) mass is 593 g/mol. The molecule has 0 radical (unpaired) electrons. The van der Waals surface area contributed by atoms with Crippen LogP contribution < -0.4 is 10.2 Å². The van der Waals surface area contributed by atoms with E-state index in [2.05, 4.69) is 61.1 Å². The highest BCUT2D eigenvalue weighted by molar-refractivity contribution is 6.01. The lowest BCUT2D eigenvalue weighted by molar-refractivity contribution is 0.0448. The van der Waals surface area contributed by atoms with Crippen LogP contribution in [0.15, 0.2) is 67.1 Å². The SMILES string of the molecule is CN1CCN(CCn2cc(-c3cc(N(C)Cc4ccccc4)n4ncc(C(=O)N[C@@H]5CC[C@@H]5O)c4n3)c3cccnc32)CC1. The first-order valence-electron chi connectivity index (χ1n) is 15.4. The number of carbonyl (C=O) groups is 1. The van der Waals surface area contributed by atoms with Gasteiger partial charge < -0.3 is 24.8 Å². The molecule has 44 heavy (non-hydrogen) atoms. The molecule has 2 atom stereocenters. The number of nitrogens with zero attached hydrogens (tertiary/aromatic N) is 8. The third-order valence-electron chi connectivity index (χ3n) is 9.07. The molecular formula is C33H39N9O2. The normalized spacial score (nSPS) is 19.3. The number of aromatic nitrogens is 5. The fourth-order valence-electron chi connectivity index (χ4n) is 6.17. The molecule has 1 saturated carbocycles. The summed E-state index contributed by atoms with van der Waals surface area (Å²) in [5.41, 5.74) is 4.66. The second-order valence-corrected chi connectivity index (χ2v) is 12.1. The van der Waals surface area contributed by atoms with Gasteiger partial charge in [0.2, 0.25) is 0 Å². The first-order valence-corrected chi connectivity index (χ1v) is 15.4. The lowest BCUT2D eigenvalue weighted by Crippen LogP contribution is -2.50. The van der Waals surface area contributed by atoms with Gasteiger partial charge in [0.15, 0.2) is 5.65 Å². The highest BCUT2D eigenvalue weighted by atomic mass is 16.3. The van der Waals surface area contributed by atoms with Gasteiger partial charge in [-0.05, 0) is 37.6 Å². The van der Waals surface area contributed by atoms with Crippen molar-refractivity contribution in [3.8, 4) is 11.3 Å². The molecule has 1 amide bonds. The van der Waals surface area contributed by atoms with E-state index in [4.69, 9.17) is 9.97 Å². The fourth-order valence-corrected chi connectivity index (χ4v) is 6.17. The highest BCUT2D eigenvalue weighted by Gasteiger charge is 2.31. The molecule has 2 N–H and O–H groups in total. The topological polar surface area (TPSA) is 107 Å². The third-order valence-corrected chi connectivity index (χ3v) is 9.07. The van der Waals surface area contributed by atoms with Crippen LogP contribution in [0.1, 0.15) is 28.8 Å². The second kappa shape index (κ2) is 12.0. The fraction of sp³-hybridized carbons (Fsp3) is 0.394. The highest BCUT2D eigenvalue weighted by Crippen LogP contribution is 2.32. The van der Waals surface area contributed by atoms with E-state index in [-0.39, 0.29) is 11.9 Å². The molecule has 2 fully saturated rings. The van der Waals surface area contributed by atoms with E-state index < -0.39 is 6.10 Å². The molecule has 0 bridgehead atoms. The van der Waals surface area contributed by atoms with Gasteiger partial charge in [-0.3, -0.25) is 9.69 Å². The predicted octanol–water partition coefficient (Wildman–Crippen LogP) is 2.88. The van der Waals surface area contributed by atoms with Crippen molar-refractivity contribution in [3.63, 3.8) is 0 Å². The zero-order valence-electron chi connectivity index (χ0n) is 25.3. The van der Waals surface area contributed by atoms with Crippen LogP contribution in [0.2, 0.25) is 0 Å². The Balaban J connectivity index is 1.28. The summed E-state index contributed by atoms with van der Waals surface area (Å²) >= 11 is 0. The Morgan fingerprint density at radius 3 is 2.61 bits per heavy atom. The summed E-state index contributed by atoms with van der Waals surface area (Å²) in [6.45, 7) is 6.73. The van der Waals surface area contributed by atoms with E-state index in [0.29, 0.717) is 24.2 Å². The molecule has 0 spiro atoms. The Kier molecular flexibility index (Phi) is 7.75. The Bertz CT molecular complexity index is 1770. The smallest absolute Gasteiger partial charge is 0.257 e. The average molecular weight is 594 g/mol. The van der Waals surface area contributed by atoms with E-state index in [1.165, 1.54) is 0 Å². The van der Waals surface area contributed by atoms with E-state index >= 15 is 0 Å².